The molecule has 0 amide bonds. The molecule has 0 saturated carbocycles. The lowest BCUT2D eigenvalue weighted by atomic mass is 10.0. The number of nitrogens with zero attached hydrogens (tertiary/aromatic N) is 2. The van der Waals surface area contributed by atoms with Gasteiger partial charge in [0.05, 0.1) is 0 Å². The molecule has 5 nitrogen and oxygen atoms in total. The number of aliphatic hydroxyl groups excluding tert-OH is 1. The van der Waals surface area contributed by atoms with Gasteiger partial charge in [0.2, 0.25) is 0 Å². The summed E-state index contributed by atoms with van der Waals surface area (Å²) in [5.74, 6) is 0.736. The Balaban J connectivity index is 1.90. The molecule has 2 heterocycles. The van der Waals surface area contributed by atoms with E-state index in [2.05, 4.69) is 15.2 Å². The Morgan fingerprint density at radius 2 is 2.00 bits per heavy atom. The van der Waals surface area contributed by atoms with Gasteiger partial charge in [0.25, 0.3) is 0 Å². The predicted molar refractivity (Wildman–Crippen MR) is 74.3 cm³/mol. The Morgan fingerprint density at radius 1 is 1.37 bits per heavy atom. The van der Waals surface area contributed by atoms with E-state index in [0.29, 0.717) is 6.54 Å². The smallest absolute Gasteiger partial charge is 0.130 e. The summed E-state index contributed by atoms with van der Waals surface area (Å²) in [6, 6.07) is 3.61. The summed E-state index contributed by atoms with van der Waals surface area (Å²) >= 11 is 0. The Hall–Kier alpha value is -1.17. The van der Waals surface area contributed by atoms with Crippen molar-refractivity contribution in [2.45, 2.75) is 25.6 Å². The number of hydrogen-bond acceptors (Lipinski definition) is 5. The summed E-state index contributed by atoms with van der Waals surface area (Å²) in [5, 5.41) is 13.7. The minimum absolute atomic E-state index is 0.529. The van der Waals surface area contributed by atoms with Crippen LogP contribution in [0.15, 0.2) is 24.5 Å². The standard InChI is InChI=1S/C14H23N3O2/c1-14(2,19-12-3-5-15-6-4-12)13(18)11-17-9-7-16-8-10-17/h3-6,13,16,18H,7-11H2,1-2H3. The van der Waals surface area contributed by atoms with Crippen LogP contribution in [0.5, 0.6) is 5.75 Å². The van der Waals surface area contributed by atoms with E-state index in [1.807, 2.05) is 13.8 Å². The van der Waals surface area contributed by atoms with Crippen molar-refractivity contribution in [1.29, 1.82) is 0 Å². The number of aliphatic hydroxyl groups is 1. The third-order valence-electron chi connectivity index (χ3n) is 3.47. The highest BCUT2D eigenvalue weighted by atomic mass is 16.5. The minimum atomic E-state index is -0.619. The fourth-order valence-corrected chi connectivity index (χ4v) is 2.14. The number of piperazine rings is 1. The first-order valence-electron chi connectivity index (χ1n) is 6.78. The van der Waals surface area contributed by atoms with E-state index in [1.165, 1.54) is 0 Å². The largest absolute Gasteiger partial charge is 0.485 e. The molecular weight excluding hydrogens is 242 g/mol. The van der Waals surface area contributed by atoms with Crippen LogP contribution in [0.1, 0.15) is 13.8 Å². The van der Waals surface area contributed by atoms with Gasteiger partial charge >= 0.3 is 0 Å². The maximum absolute atomic E-state index is 10.4. The van der Waals surface area contributed by atoms with E-state index < -0.39 is 11.7 Å². The van der Waals surface area contributed by atoms with Gasteiger partial charge in [-0.15, -0.1) is 0 Å². The monoisotopic (exact) mass is 265 g/mol. The van der Waals surface area contributed by atoms with Gasteiger partial charge in [0.1, 0.15) is 17.5 Å². The average molecular weight is 265 g/mol. The fraction of sp³-hybridized carbons (Fsp3) is 0.643. The maximum atomic E-state index is 10.4. The zero-order valence-corrected chi connectivity index (χ0v) is 11.7. The molecule has 0 spiro atoms. The first kappa shape index (κ1) is 14.2. The normalized spacial score (nSPS) is 19.1. The third-order valence-corrected chi connectivity index (χ3v) is 3.47. The molecule has 106 valence electrons. The van der Waals surface area contributed by atoms with Crippen LogP contribution in [0, 0.1) is 0 Å². The van der Waals surface area contributed by atoms with E-state index in [9.17, 15) is 5.11 Å². The van der Waals surface area contributed by atoms with E-state index in [4.69, 9.17) is 4.74 Å². The number of β-amino-alcohol motifs (C(OH)–C–C–N with tert-alkyl or cyclic N) is 1. The van der Waals surface area contributed by atoms with Gasteiger partial charge in [-0.1, -0.05) is 0 Å². The van der Waals surface area contributed by atoms with Crippen LogP contribution < -0.4 is 10.1 Å². The van der Waals surface area contributed by atoms with Crippen molar-refractivity contribution in [1.82, 2.24) is 15.2 Å². The summed E-state index contributed by atoms with van der Waals surface area (Å²) in [5.41, 5.74) is -0.619. The molecule has 1 atom stereocenters. The van der Waals surface area contributed by atoms with Gasteiger partial charge in [0.15, 0.2) is 0 Å². The summed E-state index contributed by atoms with van der Waals surface area (Å²) in [7, 11) is 0. The lowest BCUT2D eigenvalue weighted by molar-refractivity contribution is -0.0456. The lowest BCUT2D eigenvalue weighted by Gasteiger charge is -2.36. The Morgan fingerprint density at radius 3 is 2.63 bits per heavy atom. The second-order valence-corrected chi connectivity index (χ2v) is 5.45. The number of nitrogens with one attached hydrogen (secondary N) is 1. The quantitative estimate of drug-likeness (QED) is 0.812. The van der Waals surface area contributed by atoms with E-state index in [1.54, 1.807) is 24.5 Å². The molecule has 1 unspecified atom stereocenters. The molecule has 1 aromatic rings. The fourth-order valence-electron chi connectivity index (χ4n) is 2.14. The first-order chi connectivity index (χ1) is 9.08. The lowest BCUT2D eigenvalue weighted by Crippen LogP contribution is -2.52. The highest BCUT2D eigenvalue weighted by molar-refractivity contribution is 5.18. The minimum Gasteiger partial charge on any atom is -0.485 e. The number of hydrogen-bond donors (Lipinski definition) is 2. The van der Waals surface area contributed by atoms with Crippen molar-refractivity contribution in [2.75, 3.05) is 32.7 Å². The number of rotatable bonds is 5. The molecule has 1 fully saturated rings. The van der Waals surface area contributed by atoms with Crippen LogP contribution >= 0.6 is 0 Å². The van der Waals surface area contributed by atoms with Crippen molar-refractivity contribution in [3.63, 3.8) is 0 Å². The highest BCUT2D eigenvalue weighted by Crippen LogP contribution is 2.21. The SMILES string of the molecule is CC(C)(Oc1ccncc1)C(O)CN1CCNCC1. The van der Waals surface area contributed by atoms with Crippen molar-refractivity contribution in [2.24, 2.45) is 0 Å². The molecule has 0 aliphatic carbocycles. The maximum Gasteiger partial charge on any atom is 0.130 e. The average Bonchev–Trinajstić information content (AvgIpc) is 2.40. The second-order valence-electron chi connectivity index (χ2n) is 5.45. The van der Waals surface area contributed by atoms with Crippen LogP contribution in [-0.4, -0.2) is 59.4 Å². The Labute approximate surface area is 114 Å². The van der Waals surface area contributed by atoms with Crippen molar-refractivity contribution >= 4 is 0 Å². The third kappa shape index (κ3) is 4.16. The van der Waals surface area contributed by atoms with Crippen LogP contribution in [0.4, 0.5) is 0 Å². The van der Waals surface area contributed by atoms with Crippen molar-refractivity contribution < 1.29 is 9.84 Å². The van der Waals surface area contributed by atoms with Crippen LogP contribution in [-0.2, 0) is 0 Å². The number of ether oxygens (including phenoxy) is 1. The second kappa shape index (κ2) is 6.32. The highest BCUT2D eigenvalue weighted by Gasteiger charge is 2.31. The molecule has 5 heteroatoms. The Kier molecular flexibility index (Phi) is 4.74. The summed E-state index contributed by atoms with van der Waals surface area (Å²) in [4.78, 5) is 6.22. The first-order valence-corrected chi connectivity index (χ1v) is 6.78. The number of pyridine rings is 1. The van der Waals surface area contributed by atoms with E-state index in [-0.39, 0.29) is 0 Å². The van der Waals surface area contributed by atoms with Gasteiger partial charge in [0, 0.05) is 45.1 Å². The molecule has 19 heavy (non-hydrogen) atoms. The van der Waals surface area contributed by atoms with Gasteiger partial charge in [-0.2, -0.15) is 0 Å². The molecule has 1 saturated heterocycles. The van der Waals surface area contributed by atoms with Crippen LogP contribution in [0.3, 0.4) is 0 Å². The zero-order valence-electron chi connectivity index (χ0n) is 11.7. The predicted octanol–water partition coefficient (Wildman–Crippen LogP) is 0.505. The summed E-state index contributed by atoms with van der Waals surface area (Å²) in [6.45, 7) is 8.39. The van der Waals surface area contributed by atoms with Crippen molar-refractivity contribution in [3.05, 3.63) is 24.5 Å². The molecule has 0 radical (unpaired) electrons. The zero-order chi connectivity index (χ0) is 13.7. The summed E-state index contributed by atoms with van der Waals surface area (Å²) < 4.78 is 5.87. The van der Waals surface area contributed by atoms with Gasteiger partial charge in [-0.25, -0.2) is 0 Å². The summed E-state index contributed by atoms with van der Waals surface area (Å²) in [6.07, 6.45) is 2.85. The van der Waals surface area contributed by atoms with Gasteiger partial charge in [-0.05, 0) is 26.0 Å². The molecule has 1 aliphatic heterocycles. The van der Waals surface area contributed by atoms with Crippen molar-refractivity contribution in [3.8, 4) is 5.75 Å². The van der Waals surface area contributed by atoms with Crippen LogP contribution in [0.2, 0.25) is 0 Å². The molecule has 2 N–H and O–H groups in total. The van der Waals surface area contributed by atoms with Gasteiger partial charge < -0.3 is 15.2 Å². The molecule has 0 aromatic carbocycles. The molecule has 1 aromatic heterocycles. The number of aromatic nitrogens is 1. The Bertz CT molecular complexity index is 378. The van der Waals surface area contributed by atoms with E-state index in [0.717, 1.165) is 31.9 Å². The van der Waals surface area contributed by atoms with Gasteiger partial charge in [-0.3, -0.25) is 9.88 Å². The van der Waals surface area contributed by atoms with E-state index >= 15 is 0 Å². The topological polar surface area (TPSA) is 57.6 Å². The van der Waals surface area contributed by atoms with Crippen LogP contribution in [0.25, 0.3) is 0 Å². The molecule has 1 aliphatic rings. The molecule has 2 rings (SSSR count). The molecule has 0 bridgehead atoms. The molecular formula is C14H23N3O2.